The van der Waals surface area contributed by atoms with Crippen LogP contribution in [0.3, 0.4) is 0 Å². The molecule has 0 spiro atoms. The van der Waals surface area contributed by atoms with Crippen LogP contribution in [0.15, 0.2) is 24.4 Å². The van der Waals surface area contributed by atoms with Gasteiger partial charge in [0, 0.05) is 17.1 Å². The first kappa shape index (κ1) is 13.1. The summed E-state index contributed by atoms with van der Waals surface area (Å²) in [7, 11) is 0. The predicted octanol–water partition coefficient (Wildman–Crippen LogP) is 1.61. The monoisotopic (exact) mass is 260 g/mol. The van der Waals surface area contributed by atoms with Gasteiger partial charge >= 0.3 is 5.97 Å². The Kier molecular flexibility index (Phi) is 3.55. The smallest absolute Gasteiger partial charge is 0.325 e. The van der Waals surface area contributed by atoms with E-state index in [-0.39, 0.29) is 12.3 Å². The van der Waals surface area contributed by atoms with E-state index in [1.165, 1.54) is 6.92 Å². The van der Waals surface area contributed by atoms with Crippen molar-refractivity contribution in [1.29, 1.82) is 0 Å². The summed E-state index contributed by atoms with van der Waals surface area (Å²) in [6.45, 7) is 3.44. The number of H-pyrrole nitrogens is 1. The molecule has 3 N–H and O–H groups in total. The van der Waals surface area contributed by atoms with Crippen molar-refractivity contribution >= 4 is 22.8 Å². The van der Waals surface area contributed by atoms with Crippen molar-refractivity contribution < 1.29 is 14.7 Å². The Hall–Kier alpha value is -2.30. The number of benzene rings is 1. The number of carbonyl (C=O) groups is 2. The van der Waals surface area contributed by atoms with Gasteiger partial charge in [-0.05, 0) is 31.0 Å². The SMILES string of the molecule is Cc1ccc2c(CC(=O)N[C@@H](C)C(=O)O)c[nH]c2c1. The molecule has 19 heavy (non-hydrogen) atoms. The fourth-order valence-electron chi connectivity index (χ4n) is 1.97. The van der Waals surface area contributed by atoms with Crippen molar-refractivity contribution in [2.24, 2.45) is 0 Å². The maximum atomic E-state index is 11.7. The number of rotatable bonds is 4. The van der Waals surface area contributed by atoms with Gasteiger partial charge < -0.3 is 15.4 Å². The van der Waals surface area contributed by atoms with Crippen LogP contribution in [0.5, 0.6) is 0 Å². The number of hydrogen-bond donors (Lipinski definition) is 3. The van der Waals surface area contributed by atoms with Gasteiger partial charge in [-0.2, -0.15) is 0 Å². The van der Waals surface area contributed by atoms with Gasteiger partial charge in [-0.1, -0.05) is 12.1 Å². The van der Waals surface area contributed by atoms with Crippen LogP contribution >= 0.6 is 0 Å². The lowest BCUT2D eigenvalue weighted by molar-refractivity contribution is -0.141. The van der Waals surface area contributed by atoms with Crippen LogP contribution in [0.25, 0.3) is 10.9 Å². The number of carboxylic acid groups (broad SMARTS) is 1. The van der Waals surface area contributed by atoms with Crippen molar-refractivity contribution in [3.05, 3.63) is 35.5 Å². The molecule has 0 saturated carbocycles. The molecule has 1 amide bonds. The van der Waals surface area contributed by atoms with Gasteiger partial charge in [0.1, 0.15) is 6.04 Å². The minimum atomic E-state index is -1.04. The van der Waals surface area contributed by atoms with E-state index in [0.717, 1.165) is 22.0 Å². The lowest BCUT2D eigenvalue weighted by Gasteiger charge is -2.08. The minimum absolute atomic E-state index is 0.167. The zero-order valence-corrected chi connectivity index (χ0v) is 10.9. The number of aromatic amines is 1. The van der Waals surface area contributed by atoms with Gasteiger partial charge in [0.15, 0.2) is 0 Å². The normalized spacial score (nSPS) is 12.3. The van der Waals surface area contributed by atoms with Crippen molar-refractivity contribution in [1.82, 2.24) is 10.3 Å². The van der Waals surface area contributed by atoms with E-state index in [2.05, 4.69) is 10.3 Å². The van der Waals surface area contributed by atoms with Gasteiger partial charge in [-0.3, -0.25) is 9.59 Å². The van der Waals surface area contributed by atoms with Crippen molar-refractivity contribution in [3.8, 4) is 0 Å². The largest absolute Gasteiger partial charge is 0.480 e. The van der Waals surface area contributed by atoms with Crippen molar-refractivity contribution in [2.75, 3.05) is 0 Å². The second-order valence-corrected chi connectivity index (χ2v) is 4.67. The molecule has 5 nitrogen and oxygen atoms in total. The van der Waals surface area contributed by atoms with Gasteiger partial charge in [-0.25, -0.2) is 0 Å². The predicted molar refractivity (Wildman–Crippen MR) is 72.0 cm³/mol. The molecule has 0 bridgehead atoms. The van der Waals surface area contributed by atoms with Crippen LogP contribution < -0.4 is 5.32 Å². The summed E-state index contributed by atoms with van der Waals surface area (Å²) in [4.78, 5) is 25.5. The van der Waals surface area contributed by atoms with Crippen LogP contribution in [-0.2, 0) is 16.0 Å². The van der Waals surface area contributed by atoms with Crippen molar-refractivity contribution in [2.45, 2.75) is 26.3 Å². The first-order valence-electron chi connectivity index (χ1n) is 6.06. The molecule has 1 atom stereocenters. The number of nitrogens with one attached hydrogen (secondary N) is 2. The Morgan fingerprint density at radius 1 is 1.42 bits per heavy atom. The summed E-state index contributed by atoms with van der Waals surface area (Å²) in [6, 6.07) is 5.08. The van der Waals surface area contributed by atoms with Gasteiger partial charge in [0.25, 0.3) is 0 Å². The molecule has 0 fully saturated rings. The molecule has 100 valence electrons. The lowest BCUT2D eigenvalue weighted by atomic mass is 10.1. The minimum Gasteiger partial charge on any atom is -0.480 e. The van der Waals surface area contributed by atoms with E-state index in [4.69, 9.17) is 5.11 Å². The molecule has 0 aliphatic carbocycles. The van der Waals surface area contributed by atoms with E-state index >= 15 is 0 Å². The number of hydrogen-bond acceptors (Lipinski definition) is 2. The summed E-state index contributed by atoms with van der Waals surface area (Å²) in [5.41, 5.74) is 2.99. The van der Waals surface area contributed by atoms with Crippen LogP contribution in [0, 0.1) is 6.92 Å². The third kappa shape index (κ3) is 2.93. The highest BCUT2D eigenvalue weighted by molar-refractivity contribution is 5.90. The van der Waals surface area contributed by atoms with Gasteiger partial charge in [0.2, 0.25) is 5.91 Å². The zero-order chi connectivity index (χ0) is 14.0. The summed E-state index contributed by atoms with van der Waals surface area (Å²) in [5, 5.41) is 12.2. The molecule has 0 unspecified atom stereocenters. The highest BCUT2D eigenvalue weighted by Crippen LogP contribution is 2.19. The first-order chi connectivity index (χ1) is 8.97. The molecule has 1 aromatic carbocycles. The Morgan fingerprint density at radius 3 is 2.84 bits per heavy atom. The van der Waals surface area contributed by atoms with Crippen molar-refractivity contribution in [3.63, 3.8) is 0 Å². The number of aryl methyl sites for hydroxylation is 1. The number of aliphatic carboxylic acids is 1. The highest BCUT2D eigenvalue weighted by atomic mass is 16.4. The fraction of sp³-hybridized carbons (Fsp3) is 0.286. The van der Waals surface area contributed by atoms with E-state index < -0.39 is 12.0 Å². The Balaban J connectivity index is 2.13. The van der Waals surface area contributed by atoms with Gasteiger partial charge in [0.05, 0.1) is 6.42 Å². The maximum Gasteiger partial charge on any atom is 0.325 e. The Morgan fingerprint density at radius 2 is 2.16 bits per heavy atom. The number of aromatic nitrogens is 1. The van der Waals surface area contributed by atoms with E-state index in [0.29, 0.717) is 0 Å². The molecule has 2 aromatic rings. The average Bonchev–Trinajstić information content (AvgIpc) is 2.71. The molecular weight excluding hydrogens is 244 g/mol. The van der Waals surface area contributed by atoms with Crippen LogP contribution in [-0.4, -0.2) is 28.0 Å². The molecule has 1 heterocycles. The van der Waals surface area contributed by atoms with Gasteiger partial charge in [-0.15, -0.1) is 0 Å². The number of amides is 1. The molecule has 0 radical (unpaired) electrons. The van der Waals surface area contributed by atoms with Crippen LogP contribution in [0.4, 0.5) is 0 Å². The molecule has 2 rings (SSSR count). The van der Waals surface area contributed by atoms with Crippen LogP contribution in [0.1, 0.15) is 18.1 Å². The molecular formula is C14H16N2O3. The average molecular weight is 260 g/mol. The summed E-state index contributed by atoms with van der Waals surface area (Å²) < 4.78 is 0. The molecule has 0 aliphatic rings. The Labute approximate surface area is 110 Å². The first-order valence-corrected chi connectivity index (χ1v) is 6.06. The fourth-order valence-corrected chi connectivity index (χ4v) is 1.97. The zero-order valence-electron chi connectivity index (χ0n) is 10.9. The summed E-state index contributed by atoms with van der Waals surface area (Å²) in [6.07, 6.45) is 1.95. The number of fused-ring (bicyclic) bond motifs is 1. The lowest BCUT2D eigenvalue weighted by Crippen LogP contribution is -2.39. The second kappa shape index (κ2) is 5.14. The molecule has 0 aliphatic heterocycles. The van der Waals surface area contributed by atoms with E-state index in [1.54, 1.807) is 6.20 Å². The number of carboxylic acids is 1. The quantitative estimate of drug-likeness (QED) is 0.781. The third-order valence-corrected chi connectivity index (χ3v) is 3.02. The van der Waals surface area contributed by atoms with Crippen LogP contribution in [0.2, 0.25) is 0 Å². The molecule has 0 saturated heterocycles. The summed E-state index contributed by atoms with van der Waals surface area (Å²) >= 11 is 0. The van der Waals surface area contributed by atoms with E-state index in [1.807, 2.05) is 25.1 Å². The number of carbonyl (C=O) groups excluding carboxylic acids is 1. The molecule has 5 heteroatoms. The van der Waals surface area contributed by atoms with E-state index in [9.17, 15) is 9.59 Å². The molecule has 1 aromatic heterocycles. The summed E-state index contributed by atoms with van der Waals surface area (Å²) in [5.74, 6) is -1.33. The topological polar surface area (TPSA) is 82.2 Å². The second-order valence-electron chi connectivity index (χ2n) is 4.67. The Bertz CT molecular complexity index is 631. The maximum absolute atomic E-state index is 11.7. The standard InChI is InChI=1S/C14H16N2O3/c1-8-3-4-11-10(7-15-12(11)5-8)6-13(17)16-9(2)14(18)19/h3-5,7,9,15H,6H2,1-2H3,(H,16,17)(H,18,19)/t9-/m0/s1. The highest BCUT2D eigenvalue weighted by Gasteiger charge is 2.15. The third-order valence-electron chi connectivity index (χ3n) is 3.02.